The molecule has 104 valence electrons. The quantitative estimate of drug-likeness (QED) is 0.613. The summed E-state index contributed by atoms with van der Waals surface area (Å²) in [6, 6.07) is 7.56. The number of anilines is 1. The van der Waals surface area contributed by atoms with Crippen molar-refractivity contribution in [2.75, 3.05) is 12.0 Å². The molecule has 2 aromatic rings. The molecule has 0 aliphatic rings. The normalized spacial score (nSPS) is 10.7. The van der Waals surface area contributed by atoms with Crippen LogP contribution in [0.15, 0.2) is 40.4 Å². The lowest BCUT2D eigenvalue weighted by molar-refractivity contribution is 0.317. The van der Waals surface area contributed by atoms with E-state index in [0.717, 1.165) is 17.7 Å². The highest BCUT2D eigenvalue weighted by Gasteiger charge is 1.99. The maximum Gasteiger partial charge on any atom is 0.363 e. The van der Waals surface area contributed by atoms with E-state index in [9.17, 15) is 4.79 Å². The third kappa shape index (κ3) is 3.91. The number of hydrogen-bond acceptors (Lipinski definition) is 6. The zero-order chi connectivity index (χ0) is 14.2. The lowest BCUT2D eigenvalue weighted by atomic mass is 10.2. The van der Waals surface area contributed by atoms with Crippen LogP contribution < -0.4 is 15.9 Å². The Morgan fingerprint density at radius 3 is 3.10 bits per heavy atom. The number of H-pyrrole nitrogens is 1. The van der Waals surface area contributed by atoms with Crippen molar-refractivity contribution in [3.8, 4) is 5.75 Å². The number of ether oxygens (including phenoxy) is 1. The molecule has 0 amide bonds. The van der Waals surface area contributed by atoms with Crippen molar-refractivity contribution < 1.29 is 4.74 Å². The van der Waals surface area contributed by atoms with Crippen LogP contribution in [0.1, 0.15) is 18.9 Å². The number of nitrogens with zero attached hydrogens (tertiary/aromatic N) is 3. The average Bonchev–Trinajstić information content (AvgIpc) is 2.46. The molecule has 1 aromatic carbocycles. The van der Waals surface area contributed by atoms with Crippen molar-refractivity contribution >= 4 is 12.0 Å². The molecule has 7 heteroatoms. The zero-order valence-corrected chi connectivity index (χ0v) is 11.0. The lowest BCUT2D eigenvalue weighted by Crippen LogP contribution is -2.13. The van der Waals surface area contributed by atoms with E-state index in [1.54, 1.807) is 6.21 Å². The van der Waals surface area contributed by atoms with Crippen molar-refractivity contribution in [1.82, 2.24) is 15.2 Å². The second-order valence-corrected chi connectivity index (χ2v) is 3.93. The van der Waals surface area contributed by atoms with Gasteiger partial charge >= 0.3 is 5.69 Å². The topological polar surface area (TPSA) is 92.3 Å². The Balaban J connectivity index is 2.05. The first-order valence-electron chi connectivity index (χ1n) is 6.22. The van der Waals surface area contributed by atoms with Gasteiger partial charge in [0.1, 0.15) is 5.75 Å². The zero-order valence-electron chi connectivity index (χ0n) is 11.0. The van der Waals surface area contributed by atoms with Gasteiger partial charge in [-0.05, 0) is 18.6 Å². The van der Waals surface area contributed by atoms with Crippen LogP contribution >= 0.6 is 0 Å². The van der Waals surface area contributed by atoms with E-state index in [0.29, 0.717) is 6.61 Å². The molecule has 1 aromatic heterocycles. The van der Waals surface area contributed by atoms with Crippen molar-refractivity contribution in [3.63, 3.8) is 0 Å². The van der Waals surface area contributed by atoms with Gasteiger partial charge in [-0.25, -0.2) is 9.89 Å². The number of rotatable bonds is 6. The summed E-state index contributed by atoms with van der Waals surface area (Å²) < 4.78 is 5.61. The Kier molecular flexibility index (Phi) is 4.82. The van der Waals surface area contributed by atoms with Gasteiger partial charge in [0.25, 0.3) is 0 Å². The molecule has 0 unspecified atom stereocenters. The van der Waals surface area contributed by atoms with Crippen LogP contribution in [0.2, 0.25) is 0 Å². The van der Waals surface area contributed by atoms with Gasteiger partial charge in [-0.2, -0.15) is 15.2 Å². The smallest absolute Gasteiger partial charge is 0.363 e. The highest BCUT2D eigenvalue weighted by atomic mass is 16.5. The molecule has 0 aliphatic heterocycles. The second-order valence-electron chi connectivity index (χ2n) is 3.93. The van der Waals surface area contributed by atoms with Gasteiger partial charge < -0.3 is 4.74 Å². The fraction of sp³-hybridized carbons (Fsp3) is 0.231. The molecule has 0 atom stereocenters. The summed E-state index contributed by atoms with van der Waals surface area (Å²) in [5.74, 6) is 1.04. The molecule has 2 N–H and O–H groups in total. The SMILES string of the molecule is CCCOc1ccccc1/C=N/Nc1cn[nH]c(=O)n1. The number of aromatic amines is 1. The monoisotopic (exact) mass is 273 g/mol. The third-order valence-electron chi connectivity index (χ3n) is 2.33. The predicted molar refractivity (Wildman–Crippen MR) is 76.1 cm³/mol. The highest BCUT2D eigenvalue weighted by Crippen LogP contribution is 2.16. The van der Waals surface area contributed by atoms with Crippen molar-refractivity contribution in [2.24, 2.45) is 5.10 Å². The van der Waals surface area contributed by atoms with E-state index in [4.69, 9.17) is 4.74 Å². The number of hydrogen-bond donors (Lipinski definition) is 2. The van der Waals surface area contributed by atoms with E-state index in [1.165, 1.54) is 6.20 Å². The van der Waals surface area contributed by atoms with E-state index in [1.807, 2.05) is 31.2 Å². The molecule has 0 fully saturated rings. The maximum atomic E-state index is 11.0. The van der Waals surface area contributed by atoms with E-state index >= 15 is 0 Å². The van der Waals surface area contributed by atoms with Gasteiger partial charge in [0.05, 0.1) is 19.0 Å². The van der Waals surface area contributed by atoms with Gasteiger partial charge in [-0.3, -0.25) is 5.43 Å². The second kappa shape index (κ2) is 7.03. The first kappa shape index (κ1) is 13.7. The van der Waals surface area contributed by atoms with Crippen molar-refractivity contribution in [3.05, 3.63) is 46.5 Å². The van der Waals surface area contributed by atoms with Crippen molar-refractivity contribution in [2.45, 2.75) is 13.3 Å². The number of nitrogens with one attached hydrogen (secondary N) is 2. The molecule has 7 nitrogen and oxygen atoms in total. The minimum atomic E-state index is -0.531. The number of hydrazone groups is 1. The summed E-state index contributed by atoms with van der Waals surface area (Å²) in [5.41, 5.74) is 2.95. The van der Waals surface area contributed by atoms with Crippen LogP contribution in [0.4, 0.5) is 5.82 Å². The van der Waals surface area contributed by atoms with Gasteiger partial charge in [-0.15, -0.1) is 0 Å². The summed E-state index contributed by atoms with van der Waals surface area (Å²) in [5, 5.41) is 9.80. The Morgan fingerprint density at radius 1 is 1.45 bits per heavy atom. The standard InChI is InChI=1S/C13H15N5O2/c1-2-7-20-11-6-4-3-5-10(11)8-14-17-12-9-15-18-13(19)16-12/h3-6,8-9H,2,7H2,1H3,(H2,16,17,18,19)/b14-8+. The summed E-state index contributed by atoms with van der Waals surface area (Å²) >= 11 is 0. The van der Waals surface area contributed by atoms with Gasteiger partial charge in [0.2, 0.25) is 0 Å². The molecular formula is C13H15N5O2. The molecular weight excluding hydrogens is 258 g/mol. The Labute approximate surface area is 115 Å². The summed E-state index contributed by atoms with van der Waals surface area (Å²) in [4.78, 5) is 14.6. The fourth-order valence-corrected chi connectivity index (χ4v) is 1.46. The van der Waals surface area contributed by atoms with E-state index < -0.39 is 5.69 Å². The number of para-hydroxylation sites is 1. The molecule has 1 heterocycles. The maximum absolute atomic E-state index is 11.0. The van der Waals surface area contributed by atoms with E-state index in [-0.39, 0.29) is 5.82 Å². The van der Waals surface area contributed by atoms with Crippen molar-refractivity contribution in [1.29, 1.82) is 0 Å². The molecule has 2 rings (SSSR count). The molecule has 20 heavy (non-hydrogen) atoms. The van der Waals surface area contributed by atoms with Crippen LogP contribution in [-0.2, 0) is 0 Å². The average molecular weight is 273 g/mol. The summed E-state index contributed by atoms with van der Waals surface area (Å²) in [6.07, 6.45) is 3.91. The fourth-order valence-electron chi connectivity index (χ4n) is 1.46. The molecule has 0 saturated carbocycles. The Bertz CT molecular complexity index is 638. The summed E-state index contributed by atoms with van der Waals surface area (Å²) in [6.45, 7) is 2.70. The summed E-state index contributed by atoms with van der Waals surface area (Å²) in [7, 11) is 0. The molecule has 0 saturated heterocycles. The van der Waals surface area contributed by atoms with Crippen LogP contribution in [0.25, 0.3) is 0 Å². The lowest BCUT2D eigenvalue weighted by Gasteiger charge is -2.07. The molecule has 0 aliphatic carbocycles. The van der Waals surface area contributed by atoms with Crippen LogP contribution in [0.3, 0.4) is 0 Å². The van der Waals surface area contributed by atoms with Gasteiger partial charge in [0.15, 0.2) is 5.82 Å². The van der Waals surface area contributed by atoms with Gasteiger partial charge in [-0.1, -0.05) is 19.1 Å². The minimum Gasteiger partial charge on any atom is -0.493 e. The number of benzene rings is 1. The van der Waals surface area contributed by atoms with Crippen LogP contribution in [0, 0.1) is 0 Å². The molecule has 0 radical (unpaired) electrons. The highest BCUT2D eigenvalue weighted by molar-refractivity contribution is 5.83. The predicted octanol–water partition coefficient (Wildman–Crippen LogP) is 1.40. The molecule has 0 spiro atoms. The largest absolute Gasteiger partial charge is 0.493 e. The Hall–Kier alpha value is -2.70. The van der Waals surface area contributed by atoms with Crippen LogP contribution in [0.5, 0.6) is 5.75 Å². The first-order valence-corrected chi connectivity index (χ1v) is 6.22. The van der Waals surface area contributed by atoms with E-state index in [2.05, 4.69) is 25.7 Å². The van der Waals surface area contributed by atoms with Crippen LogP contribution in [-0.4, -0.2) is 28.0 Å². The van der Waals surface area contributed by atoms with Gasteiger partial charge in [0, 0.05) is 5.56 Å². The molecule has 0 bridgehead atoms. The first-order chi connectivity index (χ1) is 9.79. The number of aromatic nitrogens is 3. The minimum absolute atomic E-state index is 0.275. The third-order valence-corrected chi connectivity index (χ3v) is 2.33. The Morgan fingerprint density at radius 2 is 2.30 bits per heavy atom.